The van der Waals surface area contributed by atoms with E-state index in [9.17, 15) is 0 Å². The number of rotatable bonds is 7. The zero-order valence-electron chi connectivity index (χ0n) is 22.3. The van der Waals surface area contributed by atoms with Crippen molar-refractivity contribution in [1.29, 1.82) is 0 Å². The fourth-order valence-electron chi connectivity index (χ4n) is 4.32. The molecule has 1 aliphatic heterocycles. The highest BCUT2D eigenvalue weighted by Gasteiger charge is 2.38. The summed E-state index contributed by atoms with van der Waals surface area (Å²) in [4.78, 5) is 7.59. The molecular weight excluding hydrogens is 451 g/mol. The fourth-order valence-corrected chi connectivity index (χ4v) is 15.5. The molecule has 10 heteroatoms. The molecule has 1 fully saturated rings. The Morgan fingerprint density at radius 1 is 0.839 bits per heavy atom. The van der Waals surface area contributed by atoms with Crippen LogP contribution in [0.1, 0.15) is 19.3 Å². The third-order valence-electron chi connectivity index (χ3n) is 4.91. The van der Waals surface area contributed by atoms with Crippen LogP contribution < -0.4 is 19.3 Å². The highest BCUT2D eigenvalue weighted by atomic mass is 28.4. The third kappa shape index (κ3) is 7.60. The zero-order valence-corrected chi connectivity index (χ0v) is 26.3. The van der Waals surface area contributed by atoms with Crippen molar-refractivity contribution in [2.75, 3.05) is 22.2 Å². The molecule has 0 atom stereocenters. The van der Waals surface area contributed by atoms with E-state index in [1.54, 1.807) is 0 Å². The summed E-state index contributed by atoms with van der Waals surface area (Å²) >= 11 is 0. The highest BCUT2D eigenvalue weighted by molar-refractivity contribution is 6.99. The molecule has 0 aliphatic carbocycles. The van der Waals surface area contributed by atoms with Gasteiger partial charge >= 0.3 is 0 Å². The quantitative estimate of drug-likeness (QED) is 0.476. The first-order valence-electron chi connectivity index (χ1n) is 11.8. The lowest BCUT2D eigenvalue weighted by Crippen LogP contribution is -2.62. The first-order valence-corrected chi connectivity index (χ1v) is 25.6. The molecule has 0 unspecified atom stereocenters. The van der Waals surface area contributed by atoms with Crippen LogP contribution in [-0.4, -0.2) is 55.8 Å². The van der Waals surface area contributed by atoms with Crippen molar-refractivity contribution in [3.63, 3.8) is 0 Å². The standard InChI is InChI=1S/C21H47N5OSi4/c1-28(2,3)23-21-22-19(24-16-14-13-15-17-24)18-20(25(21)27-31(10,11)12)26(29(4,5)6)30(7,8)9/h18H,13-17H2,1-12H3/b23-21+. The van der Waals surface area contributed by atoms with Gasteiger partial charge in [-0.3, -0.25) is 4.66 Å². The maximum absolute atomic E-state index is 6.73. The average molecular weight is 498 g/mol. The molecule has 1 aliphatic rings. The molecule has 0 aromatic carbocycles. The van der Waals surface area contributed by atoms with Crippen LogP contribution in [0.4, 0.5) is 11.6 Å². The van der Waals surface area contributed by atoms with E-state index in [4.69, 9.17) is 14.2 Å². The van der Waals surface area contributed by atoms with E-state index in [0.29, 0.717) is 0 Å². The molecule has 0 radical (unpaired) electrons. The fraction of sp³-hybridized carbons (Fsp3) is 0.810. The minimum absolute atomic E-state index is 0.765. The lowest BCUT2D eigenvalue weighted by Gasteiger charge is -2.47. The van der Waals surface area contributed by atoms with Gasteiger partial charge in [0.15, 0.2) is 8.24 Å². The molecule has 6 nitrogen and oxygen atoms in total. The topological polar surface area (TPSA) is 45.9 Å². The minimum atomic E-state index is -1.89. The van der Waals surface area contributed by atoms with Gasteiger partial charge in [0.2, 0.25) is 0 Å². The van der Waals surface area contributed by atoms with Gasteiger partial charge in [-0.2, -0.15) is 4.98 Å². The Kier molecular flexibility index (Phi) is 7.82. The van der Waals surface area contributed by atoms with Crippen LogP contribution in [0.3, 0.4) is 0 Å². The predicted molar refractivity (Wildman–Crippen MR) is 146 cm³/mol. The first kappa shape index (κ1) is 26.4. The summed E-state index contributed by atoms with van der Waals surface area (Å²) in [6, 6.07) is 2.31. The van der Waals surface area contributed by atoms with Gasteiger partial charge in [-0.05, 0) is 58.5 Å². The van der Waals surface area contributed by atoms with Crippen LogP contribution in [0.5, 0.6) is 0 Å². The van der Waals surface area contributed by atoms with E-state index < -0.39 is 33.0 Å². The molecular formula is C21H47N5OSi4. The molecule has 178 valence electrons. The number of hydrogen-bond acceptors (Lipinski definition) is 5. The second-order valence-electron chi connectivity index (χ2n) is 12.8. The Hall–Kier alpha value is -0.852. The van der Waals surface area contributed by atoms with Crippen molar-refractivity contribution in [1.82, 2.24) is 9.71 Å². The van der Waals surface area contributed by atoms with E-state index in [1.165, 1.54) is 25.1 Å². The van der Waals surface area contributed by atoms with Gasteiger partial charge in [-0.15, -0.1) is 4.73 Å². The minimum Gasteiger partial charge on any atom is -0.466 e. The lowest BCUT2D eigenvalue weighted by molar-refractivity contribution is 0.251. The van der Waals surface area contributed by atoms with Crippen molar-refractivity contribution in [3.8, 4) is 0 Å². The van der Waals surface area contributed by atoms with Crippen LogP contribution in [0.25, 0.3) is 0 Å². The average Bonchev–Trinajstić information content (AvgIpc) is 2.53. The Bertz CT molecular complexity index is 809. The zero-order chi connectivity index (χ0) is 23.8. The number of nitrogens with zero attached hydrogens (tertiary/aromatic N) is 5. The van der Waals surface area contributed by atoms with Gasteiger partial charge in [0, 0.05) is 19.2 Å². The number of piperidine rings is 1. The molecule has 1 aromatic rings. The number of hydrogen-bond donors (Lipinski definition) is 0. The number of anilines is 2. The second kappa shape index (κ2) is 9.18. The van der Waals surface area contributed by atoms with Crippen LogP contribution in [0, 0.1) is 0 Å². The molecule has 0 bridgehead atoms. The van der Waals surface area contributed by atoms with Gasteiger partial charge in [0.1, 0.15) is 28.1 Å². The normalized spacial score (nSPS) is 17.2. The molecule has 2 rings (SSSR count). The Balaban J connectivity index is 2.91. The van der Waals surface area contributed by atoms with E-state index in [-0.39, 0.29) is 0 Å². The Labute approximate surface area is 195 Å². The SMILES string of the molecule is C[Si](C)(C)/N=c1\nc(N2CCCCC2)cc(N([Si](C)(C)C)[Si](C)(C)C)n1O[Si](C)(C)C. The van der Waals surface area contributed by atoms with Crippen molar-refractivity contribution < 1.29 is 4.53 Å². The van der Waals surface area contributed by atoms with Gasteiger partial charge < -0.3 is 13.7 Å². The van der Waals surface area contributed by atoms with Gasteiger partial charge in [-0.25, -0.2) is 0 Å². The predicted octanol–water partition coefficient (Wildman–Crippen LogP) is 5.35. The van der Waals surface area contributed by atoms with Gasteiger partial charge in [-0.1, -0.05) is 39.3 Å². The summed E-state index contributed by atoms with van der Waals surface area (Å²) < 4.78 is 16.7. The largest absolute Gasteiger partial charge is 0.466 e. The monoisotopic (exact) mass is 497 g/mol. The van der Waals surface area contributed by atoms with E-state index >= 15 is 0 Å². The molecule has 2 heterocycles. The summed E-state index contributed by atoms with van der Waals surface area (Å²) in [5.74, 6) is 2.25. The molecule has 0 amide bonds. The highest BCUT2D eigenvalue weighted by Crippen LogP contribution is 2.30. The third-order valence-corrected chi connectivity index (χ3v) is 13.7. The van der Waals surface area contributed by atoms with Crippen LogP contribution in [-0.2, 0) is 0 Å². The van der Waals surface area contributed by atoms with Crippen LogP contribution >= 0.6 is 0 Å². The second-order valence-corrected chi connectivity index (χ2v) is 31.8. The van der Waals surface area contributed by atoms with Crippen LogP contribution in [0.2, 0.25) is 78.6 Å². The summed E-state index contributed by atoms with van der Waals surface area (Å²) in [6.45, 7) is 30.4. The maximum atomic E-state index is 6.73. The number of aromatic nitrogens is 2. The van der Waals surface area contributed by atoms with E-state index in [2.05, 4.69) is 93.8 Å². The summed E-state index contributed by atoms with van der Waals surface area (Å²) in [6.07, 6.45) is 3.80. The maximum Gasteiger partial charge on any atom is 0.276 e. The smallest absolute Gasteiger partial charge is 0.276 e. The molecule has 0 spiro atoms. The Morgan fingerprint density at radius 2 is 1.35 bits per heavy atom. The summed E-state index contributed by atoms with van der Waals surface area (Å²) in [5.41, 5.74) is 0.765. The van der Waals surface area contributed by atoms with E-state index in [1.807, 2.05) is 4.73 Å². The first-order chi connectivity index (χ1) is 13.9. The molecule has 1 aromatic heterocycles. The van der Waals surface area contributed by atoms with E-state index in [0.717, 1.165) is 24.5 Å². The molecule has 0 N–H and O–H groups in total. The van der Waals surface area contributed by atoms with Crippen molar-refractivity contribution >= 4 is 44.7 Å². The van der Waals surface area contributed by atoms with Crippen molar-refractivity contribution in [2.24, 2.45) is 4.66 Å². The van der Waals surface area contributed by atoms with Gasteiger partial charge in [0.05, 0.1) is 0 Å². The molecule has 0 saturated carbocycles. The van der Waals surface area contributed by atoms with Gasteiger partial charge in [0.25, 0.3) is 13.9 Å². The van der Waals surface area contributed by atoms with Crippen LogP contribution in [0.15, 0.2) is 10.7 Å². The summed E-state index contributed by atoms with van der Waals surface area (Å²) in [7, 11) is -7.03. The van der Waals surface area contributed by atoms with Crippen molar-refractivity contribution in [2.45, 2.75) is 97.8 Å². The van der Waals surface area contributed by atoms with Crippen molar-refractivity contribution in [3.05, 3.63) is 11.7 Å². The molecule has 1 saturated heterocycles. The molecule has 31 heavy (non-hydrogen) atoms. The summed E-state index contributed by atoms with van der Waals surface area (Å²) in [5, 5.41) is 0. The lowest BCUT2D eigenvalue weighted by atomic mass is 10.1. The Morgan fingerprint density at radius 3 is 1.77 bits per heavy atom.